The van der Waals surface area contributed by atoms with Gasteiger partial charge in [-0.1, -0.05) is 6.42 Å². The van der Waals surface area contributed by atoms with Crippen molar-refractivity contribution in [3.8, 4) is 0 Å². The van der Waals surface area contributed by atoms with Crippen LogP contribution in [0, 0.1) is 0 Å². The molecule has 2 fully saturated rings. The lowest BCUT2D eigenvalue weighted by Crippen LogP contribution is -2.48. The molecule has 2 heterocycles. The van der Waals surface area contributed by atoms with Gasteiger partial charge < -0.3 is 10.2 Å². The molecule has 0 aromatic carbocycles. The summed E-state index contributed by atoms with van der Waals surface area (Å²) >= 11 is 0. The zero-order valence-corrected chi connectivity index (χ0v) is 11.5. The van der Waals surface area contributed by atoms with E-state index >= 15 is 0 Å². The highest BCUT2D eigenvalue weighted by Crippen LogP contribution is 2.15. The lowest BCUT2D eigenvalue weighted by molar-refractivity contribution is -0.133. The third kappa shape index (κ3) is 3.66. The Bertz CT molecular complexity index is 404. The van der Waals surface area contributed by atoms with E-state index in [1.54, 1.807) is 4.90 Å². The van der Waals surface area contributed by atoms with Crippen molar-refractivity contribution in [1.82, 2.24) is 14.9 Å². The van der Waals surface area contributed by atoms with Crippen molar-refractivity contribution in [1.29, 1.82) is 0 Å². The van der Waals surface area contributed by atoms with Gasteiger partial charge in [-0.05, 0) is 25.8 Å². The first-order valence-corrected chi connectivity index (χ1v) is 8.34. The van der Waals surface area contributed by atoms with Crippen LogP contribution in [-0.2, 0) is 14.8 Å². The van der Waals surface area contributed by atoms with Crippen molar-refractivity contribution >= 4 is 15.9 Å². The summed E-state index contributed by atoms with van der Waals surface area (Å²) in [5.74, 6) is 0.118. The molecule has 0 aromatic rings. The molecule has 2 unspecified atom stereocenters. The van der Waals surface area contributed by atoms with E-state index in [1.807, 2.05) is 0 Å². The van der Waals surface area contributed by atoms with Crippen LogP contribution in [0.3, 0.4) is 0 Å². The van der Waals surface area contributed by atoms with Crippen molar-refractivity contribution in [3.05, 3.63) is 0 Å². The van der Waals surface area contributed by atoms with Crippen LogP contribution in [0.15, 0.2) is 0 Å². The van der Waals surface area contributed by atoms with Crippen molar-refractivity contribution < 1.29 is 13.2 Å². The minimum Gasteiger partial charge on any atom is -0.340 e. The Kier molecular flexibility index (Phi) is 4.24. The zero-order chi connectivity index (χ0) is 13.2. The molecule has 1 amide bonds. The number of nitrogens with zero attached hydrogens (tertiary/aromatic N) is 1. The van der Waals surface area contributed by atoms with Crippen LogP contribution in [0.1, 0.15) is 25.7 Å². The molecule has 2 saturated heterocycles. The molecule has 0 spiro atoms. The van der Waals surface area contributed by atoms with E-state index in [4.69, 9.17) is 0 Å². The van der Waals surface area contributed by atoms with Crippen molar-refractivity contribution in [3.63, 3.8) is 0 Å². The number of sulfonamides is 1. The minimum absolute atomic E-state index is 0.0734. The minimum atomic E-state index is -3.19. The fraction of sp³-hybridized carbons (Fsp3) is 0.909. The highest BCUT2D eigenvalue weighted by molar-refractivity contribution is 7.88. The number of piperidine rings is 1. The van der Waals surface area contributed by atoms with Crippen LogP contribution < -0.4 is 10.0 Å². The molecule has 2 N–H and O–H groups in total. The first-order valence-electron chi connectivity index (χ1n) is 6.45. The highest BCUT2D eigenvalue weighted by Gasteiger charge is 2.32. The number of rotatable bonds is 3. The summed E-state index contributed by atoms with van der Waals surface area (Å²) in [4.78, 5) is 14.0. The summed E-state index contributed by atoms with van der Waals surface area (Å²) in [6, 6.07) is -0.205. The summed E-state index contributed by atoms with van der Waals surface area (Å²) in [6.45, 7) is 2.03. The fourth-order valence-corrected chi connectivity index (χ4v) is 3.44. The van der Waals surface area contributed by atoms with Gasteiger partial charge >= 0.3 is 0 Å². The van der Waals surface area contributed by atoms with Crippen LogP contribution in [0.4, 0.5) is 0 Å². The number of nitrogens with one attached hydrogen (secondary N) is 2. The van der Waals surface area contributed by atoms with Gasteiger partial charge in [0, 0.05) is 19.1 Å². The number of likely N-dealkylation sites (tertiary alicyclic amines) is 1. The van der Waals surface area contributed by atoms with Crippen LogP contribution in [0.5, 0.6) is 0 Å². The van der Waals surface area contributed by atoms with E-state index in [1.165, 1.54) is 0 Å². The zero-order valence-electron chi connectivity index (χ0n) is 10.7. The van der Waals surface area contributed by atoms with Crippen LogP contribution in [0.25, 0.3) is 0 Å². The van der Waals surface area contributed by atoms with E-state index < -0.39 is 10.0 Å². The van der Waals surface area contributed by atoms with Gasteiger partial charge in [0.05, 0.1) is 12.3 Å². The van der Waals surface area contributed by atoms with Crippen molar-refractivity contribution in [2.45, 2.75) is 37.8 Å². The van der Waals surface area contributed by atoms with Gasteiger partial charge in [0.25, 0.3) is 0 Å². The van der Waals surface area contributed by atoms with E-state index in [0.717, 1.165) is 32.1 Å². The monoisotopic (exact) mass is 275 g/mol. The maximum absolute atomic E-state index is 12.2. The maximum Gasteiger partial charge on any atom is 0.239 e. The number of amides is 1. The predicted molar refractivity (Wildman–Crippen MR) is 68.6 cm³/mol. The van der Waals surface area contributed by atoms with Gasteiger partial charge in [0.15, 0.2) is 0 Å². The van der Waals surface area contributed by atoms with Gasteiger partial charge in [-0.25, -0.2) is 13.1 Å². The van der Waals surface area contributed by atoms with E-state index in [-0.39, 0.29) is 18.0 Å². The molecular weight excluding hydrogens is 254 g/mol. The lowest BCUT2D eigenvalue weighted by atomic mass is 10.0. The molecule has 0 aliphatic carbocycles. The third-order valence-corrected chi connectivity index (χ3v) is 4.25. The molecule has 0 bridgehead atoms. The molecule has 6 nitrogen and oxygen atoms in total. The van der Waals surface area contributed by atoms with Crippen molar-refractivity contribution in [2.75, 3.05) is 25.9 Å². The van der Waals surface area contributed by atoms with Gasteiger partial charge in [-0.2, -0.15) is 0 Å². The molecule has 7 heteroatoms. The fourth-order valence-electron chi connectivity index (χ4n) is 2.64. The standard InChI is InChI=1S/C11H21N3O3S/c1-18(16,17)13-9-5-7-14(8-9)11(15)10-4-2-3-6-12-10/h9-10,12-13H,2-8H2,1H3. The summed E-state index contributed by atoms with van der Waals surface area (Å²) in [6.07, 6.45) is 4.95. The van der Waals surface area contributed by atoms with E-state index in [2.05, 4.69) is 10.0 Å². The lowest BCUT2D eigenvalue weighted by Gasteiger charge is -2.27. The van der Waals surface area contributed by atoms with Crippen LogP contribution in [0.2, 0.25) is 0 Å². The molecule has 104 valence electrons. The first-order chi connectivity index (χ1) is 8.46. The molecule has 0 aromatic heterocycles. The molecule has 0 saturated carbocycles. The quantitative estimate of drug-likeness (QED) is 0.712. The molecule has 2 aliphatic rings. The van der Waals surface area contributed by atoms with Gasteiger partial charge in [0.2, 0.25) is 15.9 Å². The predicted octanol–water partition coefficient (Wildman–Crippen LogP) is -0.721. The maximum atomic E-state index is 12.2. The van der Waals surface area contributed by atoms with Gasteiger partial charge in [-0.3, -0.25) is 4.79 Å². The molecule has 2 atom stereocenters. The average Bonchev–Trinajstić information content (AvgIpc) is 2.75. The molecule has 0 radical (unpaired) electrons. The Morgan fingerprint density at radius 2 is 2.11 bits per heavy atom. The second-order valence-corrected chi connectivity index (χ2v) is 6.94. The average molecular weight is 275 g/mol. The van der Waals surface area contributed by atoms with Gasteiger partial charge in [-0.15, -0.1) is 0 Å². The topological polar surface area (TPSA) is 78.5 Å². The second kappa shape index (κ2) is 5.54. The van der Waals surface area contributed by atoms with E-state index in [9.17, 15) is 13.2 Å². The summed E-state index contributed by atoms with van der Waals surface area (Å²) in [7, 11) is -3.19. The summed E-state index contributed by atoms with van der Waals surface area (Å²) in [5.41, 5.74) is 0. The Hall–Kier alpha value is -0.660. The van der Waals surface area contributed by atoms with Crippen LogP contribution >= 0.6 is 0 Å². The van der Waals surface area contributed by atoms with Gasteiger partial charge in [0.1, 0.15) is 0 Å². The second-order valence-electron chi connectivity index (χ2n) is 5.16. The number of carbonyl (C=O) groups excluding carboxylic acids is 1. The molecule has 2 aliphatic heterocycles. The smallest absolute Gasteiger partial charge is 0.239 e. The van der Waals surface area contributed by atoms with Crippen LogP contribution in [-0.4, -0.2) is 57.2 Å². The van der Waals surface area contributed by atoms with E-state index in [0.29, 0.717) is 19.5 Å². The normalized spacial score (nSPS) is 29.5. The van der Waals surface area contributed by atoms with Crippen molar-refractivity contribution in [2.24, 2.45) is 0 Å². The Morgan fingerprint density at radius 1 is 1.33 bits per heavy atom. The summed E-state index contributed by atoms with van der Waals surface area (Å²) in [5, 5.41) is 3.23. The Balaban J connectivity index is 1.86. The number of hydrogen-bond donors (Lipinski definition) is 2. The number of carbonyl (C=O) groups is 1. The first kappa shape index (κ1) is 13.8. The summed E-state index contributed by atoms with van der Waals surface area (Å²) < 4.78 is 24.8. The molecular formula is C11H21N3O3S. The largest absolute Gasteiger partial charge is 0.340 e. The highest BCUT2D eigenvalue weighted by atomic mass is 32.2. The SMILES string of the molecule is CS(=O)(=O)NC1CCN(C(=O)C2CCCCN2)C1. The third-order valence-electron chi connectivity index (χ3n) is 3.49. The Morgan fingerprint density at radius 3 is 2.72 bits per heavy atom. The Labute approximate surface area is 108 Å². The number of hydrogen-bond acceptors (Lipinski definition) is 4. The molecule has 2 rings (SSSR count). The molecule has 18 heavy (non-hydrogen) atoms.